The number of thioether (sulfide) groups is 1. The summed E-state index contributed by atoms with van der Waals surface area (Å²) >= 11 is 1.96. The molecule has 8 heteroatoms. The molecule has 0 N–H and O–H groups in total. The molecule has 0 unspecified atom stereocenters. The molecule has 0 aliphatic rings. The minimum atomic E-state index is -1.08. The lowest BCUT2D eigenvalue weighted by molar-refractivity contribution is 0.0401. The van der Waals surface area contributed by atoms with Gasteiger partial charge in [-0.25, -0.2) is 0 Å². The van der Waals surface area contributed by atoms with Crippen molar-refractivity contribution >= 4 is 28.1 Å². The van der Waals surface area contributed by atoms with E-state index in [2.05, 4.69) is 214 Å². The Kier molecular flexibility index (Phi) is 27.1. The van der Waals surface area contributed by atoms with Crippen molar-refractivity contribution in [2.24, 2.45) is 0 Å². The van der Waals surface area contributed by atoms with Crippen LogP contribution in [-0.2, 0) is 0 Å². The zero-order valence-electron chi connectivity index (χ0n) is 39.7. The molecule has 0 aliphatic carbocycles. The van der Waals surface area contributed by atoms with Crippen LogP contribution in [0.4, 0.5) is 0 Å². The molecular weight excluding hydrogens is 690 g/mol. The van der Waals surface area contributed by atoms with Gasteiger partial charge in [-0.05, 0) is 169 Å². The summed E-state index contributed by atoms with van der Waals surface area (Å²) in [6.07, 6.45) is 0. The summed E-state index contributed by atoms with van der Waals surface area (Å²) in [7, 11) is -1.29. The zero-order valence-corrected chi connectivity index (χ0v) is 42.4. The fourth-order valence-electron chi connectivity index (χ4n) is 7.06. The lowest BCUT2D eigenvalue weighted by Gasteiger charge is -2.49. The SMILES string of the molecule is CC(C)N(C(C)C)P(C[Si](C)(C)C)N(C(C)C)C(C)C.CC(C)N(CN(C(C)C)C(C)C)C(C)C.Cc1cccc(C)c1SCN(C(C)C)C(C)C. The monoisotopic (exact) mass is 784 g/mol. The summed E-state index contributed by atoms with van der Waals surface area (Å²) < 4.78 is 5.57. The van der Waals surface area contributed by atoms with Gasteiger partial charge in [0.25, 0.3) is 0 Å². The summed E-state index contributed by atoms with van der Waals surface area (Å²) in [5, 5.41) is 0. The van der Waals surface area contributed by atoms with Crippen LogP contribution < -0.4 is 0 Å². The second-order valence-electron chi connectivity index (χ2n) is 19.0. The van der Waals surface area contributed by atoms with Gasteiger partial charge in [-0.1, -0.05) is 37.8 Å². The van der Waals surface area contributed by atoms with Gasteiger partial charge in [0, 0.05) is 79.4 Å². The predicted molar refractivity (Wildman–Crippen MR) is 247 cm³/mol. The van der Waals surface area contributed by atoms with Gasteiger partial charge < -0.3 is 0 Å². The molecule has 0 amide bonds. The molecule has 0 fully saturated rings. The van der Waals surface area contributed by atoms with Gasteiger partial charge in [0.1, 0.15) is 0 Å². The van der Waals surface area contributed by atoms with E-state index in [1.807, 2.05) is 11.8 Å². The van der Waals surface area contributed by atoms with Crippen molar-refractivity contribution in [3.63, 3.8) is 0 Å². The third-order valence-corrected chi connectivity index (χ3v) is 18.5. The summed E-state index contributed by atoms with van der Waals surface area (Å²) in [5.74, 6) is 2.48. The van der Waals surface area contributed by atoms with E-state index in [4.69, 9.17) is 0 Å². The van der Waals surface area contributed by atoms with Crippen molar-refractivity contribution < 1.29 is 0 Å². The van der Waals surface area contributed by atoms with Crippen LogP contribution in [0.5, 0.6) is 0 Å². The number of hydrogen-bond donors (Lipinski definition) is 0. The molecule has 0 aliphatic heterocycles. The van der Waals surface area contributed by atoms with E-state index in [0.29, 0.717) is 60.4 Å². The van der Waals surface area contributed by atoms with Crippen LogP contribution in [0.3, 0.4) is 0 Å². The van der Waals surface area contributed by atoms with E-state index >= 15 is 0 Å². The first kappa shape index (κ1) is 54.1. The van der Waals surface area contributed by atoms with Crippen LogP contribution in [-0.4, -0.2) is 111 Å². The van der Waals surface area contributed by atoms with E-state index in [1.54, 1.807) is 0 Å². The van der Waals surface area contributed by atoms with E-state index < -0.39 is 8.07 Å². The zero-order chi connectivity index (χ0) is 41.4. The van der Waals surface area contributed by atoms with Crippen LogP contribution in [0, 0.1) is 13.8 Å². The number of nitrogens with zero attached hydrogens (tertiary/aromatic N) is 5. The summed E-state index contributed by atoms with van der Waals surface area (Å²) in [5.41, 5.74) is 2.78. The van der Waals surface area contributed by atoms with E-state index in [9.17, 15) is 0 Å². The second-order valence-corrected chi connectivity index (χ2v) is 28.0. The van der Waals surface area contributed by atoms with Gasteiger partial charge >= 0.3 is 0 Å². The Morgan fingerprint density at radius 3 is 1.00 bits per heavy atom. The highest BCUT2D eigenvalue weighted by Crippen LogP contribution is 2.51. The van der Waals surface area contributed by atoms with Crippen LogP contribution >= 0.6 is 20.0 Å². The van der Waals surface area contributed by atoms with Crippen molar-refractivity contribution in [1.82, 2.24) is 24.0 Å². The molecule has 0 bridgehead atoms. The highest BCUT2D eigenvalue weighted by molar-refractivity contribution is 7.99. The first-order valence-electron chi connectivity index (χ1n) is 20.9. The van der Waals surface area contributed by atoms with Crippen molar-refractivity contribution in [3.05, 3.63) is 29.3 Å². The molecule has 0 spiro atoms. The average molecular weight is 784 g/mol. The highest BCUT2D eigenvalue weighted by Gasteiger charge is 2.35. The molecule has 1 rings (SSSR count). The average Bonchev–Trinajstić information content (AvgIpc) is 2.92. The van der Waals surface area contributed by atoms with E-state index in [0.717, 1.165) is 12.5 Å². The number of aryl methyl sites for hydroxylation is 2. The van der Waals surface area contributed by atoms with Gasteiger partial charge in [-0.2, -0.15) is 0 Å². The van der Waals surface area contributed by atoms with Crippen LogP contribution in [0.15, 0.2) is 23.1 Å². The maximum atomic E-state index is 2.79. The largest absolute Gasteiger partial charge is 0.289 e. The van der Waals surface area contributed by atoms with Crippen molar-refractivity contribution in [2.75, 3.05) is 18.3 Å². The van der Waals surface area contributed by atoms with Gasteiger partial charge in [-0.15, -0.1) is 11.8 Å². The number of benzene rings is 1. The summed E-state index contributed by atoms with van der Waals surface area (Å²) in [6.45, 7) is 59.2. The van der Waals surface area contributed by atoms with Crippen LogP contribution in [0.1, 0.15) is 150 Å². The molecule has 0 aromatic heterocycles. The van der Waals surface area contributed by atoms with E-state index in [-0.39, 0.29) is 8.22 Å². The van der Waals surface area contributed by atoms with E-state index in [1.165, 1.54) is 21.8 Å². The Balaban J connectivity index is 0. The topological polar surface area (TPSA) is 16.2 Å². The molecule has 5 nitrogen and oxygen atoms in total. The minimum Gasteiger partial charge on any atom is -0.289 e. The first-order valence-corrected chi connectivity index (χ1v) is 27.0. The van der Waals surface area contributed by atoms with Crippen molar-refractivity contribution in [3.8, 4) is 0 Å². The highest BCUT2D eigenvalue weighted by atomic mass is 32.2. The van der Waals surface area contributed by atoms with Gasteiger partial charge in [0.2, 0.25) is 0 Å². The molecule has 0 saturated heterocycles. The fourth-order valence-corrected chi connectivity index (χ4v) is 15.6. The number of hydrogen-bond acceptors (Lipinski definition) is 6. The third kappa shape index (κ3) is 20.8. The number of rotatable bonds is 19. The summed E-state index contributed by atoms with van der Waals surface area (Å²) in [4.78, 5) is 9.05. The molecule has 1 aromatic carbocycles. The van der Waals surface area contributed by atoms with Gasteiger partial charge in [0.05, 0.1) is 14.7 Å². The molecular formula is C44H94N5PSSi. The molecule has 0 atom stereocenters. The Labute approximate surface area is 335 Å². The molecule has 0 heterocycles. The standard InChI is InChI=1S/C16H39N2PSi.C15H25NS.C13H30N2/c1-13(2)17(14(3)4)19(12-20(9,10)11)18(15(5)6)16(7)8;1-11(2)16(12(3)4)10-17-15-13(5)8-7-9-14(15)6;1-10(2)14(11(3)4)9-15(12(5)6)13(7)8/h13-16H,12H2,1-11H3;7-9,11-12H,10H2,1-6H3;10-13H,9H2,1-8H3. The normalized spacial score (nSPS) is 13.1. The Morgan fingerprint density at radius 2 is 0.769 bits per heavy atom. The second kappa shape index (κ2) is 26.0. The van der Waals surface area contributed by atoms with Gasteiger partial charge in [0.15, 0.2) is 0 Å². The molecule has 1 aromatic rings. The molecule has 52 heavy (non-hydrogen) atoms. The lowest BCUT2D eigenvalue weighted by Crippen LogP contribution is -2.49. The quantitative estimate of drug-likeness (QED) is 0.0597. The molecule has 0 radical (unpaired) electrons. The maximum Gasteiger partial charge on any atom is 0.0517 e. The van der Waals surface area contributed by atoms with Gasteiger partial charge in [-0.3, -0.25) is 24.0 Å². The van der Waals surface area contributed by atoms with Crippen LogP contribution in [0.25, 0.3) is 0 Å². The van der Waals surface area contributed by atoms with Crippen molar-refractivity contribution in [1.29, 1.82) is 0 Å². The minimum absolute atomic E-state index is 0.205. The smallest absolute Gasteiger partial charge is 0.0517 e. The van der Waals surface area contributed by atoms with Crippen LogP contribution in [0.2, 0.25) is 19.6 Å². The Hall–Kier alpha value is 0.0169. The summed E-state index contributed by atoms with van der Waals surface area (Å²) in [6, 6.07) is 12.7. The third-order valence-electron chi connectivity index (χ3n) is 9.34. The Bertz CT molecular complexity index is 953. The maximum absolute atomic E-state index is 2.79. The molecule has 310 valence electrons. The first-order chi connectivity index (χ1) is 23.6. The Morgan fingerprint density at radius 1 is 0.481 bits per heavy atom. The fraction of sp³-hybridized carbons (Fsp3) is 0.864. The van der Waals surface area contributed by atoms with Crippen molar-refractivity contribution in [2.45, 2.75) is 237 Å². The lowest BCUT2D eigenvalue weighted by atomic mass is 10.2. The predicted octanol–water partition coefficient (Wildman–Crippen LogP) is 13.1. The molecule has 0 saturated carbocycles.